The molecule has 212 valence electrons. The molecule has 0 atom stereocenters. The molecule has 6 rings (SSSR count). The fourth-order valence-electron chi connectivity index (χ4n) is 6.18. The second kappa shape index (κ2) is 11.1. The normalized spacial score (nSPS) is 18.5. The molecule has 0 spiro atoms. The number of hydrogen-bond acceptors (Lipinski definition) is 4. The van der Waals surface area contributed by atoms with Crippen molar-refractivity contribution in [3.8, 4) is 5.69 Å². The number of benzene rings is 2. The van der Waals surface area contributed by atoms with Gasteiger partial charge >= 0.3 is 0 Å². The molecule has 1 saturated carbocycles. The van der Waals surface area contributed by atoms with Crippen molar-refractivity contribution in [1.82, 2.24) is 19.8 Å². The number of rotatable bonds is 7. The molecule has 0 bridgehead atoms. The molecule has 2 amide bonds. The fraction of sp³-hybridized carbons (Fsp3) is 0.364. The Bertz CT molecular complexity index is 1620. The van der Waals surface area contributed by atoms with Crippen LogP contribution in [-0.4, -0.2) is 45.4 Å². The van der Waals surface area contributed by atoms with Crippen LogP contribution < -0.4 is 10.6 Å². The number of nitrogens with zero attached hydrogens (tertiary/aromatic N) is 3. The van der Waals surface area contributed by atoms with E-state index in [1.165, 1.54) is 23.3 Å². The summed E-state index contributed by atoms with van der Waals surface area (Å²) in [5, 5.41) is 7.78. The predicted molar refractivity (Wildman–Crippen MR) is 159 cm³/mol. The Balaban J connectivity index is 1.20. The Hall–Kier alpha value is -4.04. The van der Waals surface area contributed by atoms with E-state index in [0.29, 0.717) is 29.6 Å². The van der Waals surface area contributed by atoms with Gasteiger partial charge in [-0.25, -0.2) is 4.39 Å². The first kappa shape index (κ1) is 27.1. The summed E-state index contributed by atoms with van der Waals surface area (Å²) in [5.41, 5.74) is 6.34. The third-order valence-corrected chi connectivity index (χ3v) is 8.74. The van der Waals surface area contributed by atoms with Crippen molar-refractivity contribution >= 4 is 28.4 Å². The number of anilines is 1. The summed E-state index contributed by atoms with van der Waals surface area (Å²) in [6, 6.07) is 13.1. The van der Waals surface area contributed by atoms with E-state index in [0.717, 1.165) is 54.4 Å². The Morgan fingerprint density at radius 2 is 1.95 bits per heavy atom. The number of amides is 2. The van der Waals surface area contributed by atoms with Gasteiger partial charge in [0.05, 0.1) is 29.4 Å². The van der Waals surface area contributed by atoms with Crippen molar-refractivity contribution in [2.75, 3.05) is 12.4 Å². The van der Waals surface area contributed by atoms with Crippen molar-refractivity contribution in [2.45, 2.75) is 70.5 Å². The molecule has 41 heavy (non-hydrogen) atoms. The number of halogens is 1. The number of carbonyl (C=O) groups excluding carboxylic acids is 2. The second-order valence-electron chi connectivity index (χ2n) is 11.7. The van der Waals surface area contributed by atoms with E-state index in [4.69, 9.17) is 0 Å². The summed E-state index contributed by atoms with van der Waals surface area (Å²) in [7, 11) is 1.75. The fourth-order valence-corrected chi connectivity index (χ4v) is 6.18. The van der Waals surface area contributed by atoms with Gasteiger partial charge in [-0.15, -0.1) is 0 Å². The van der Waals surface area contributed by atoms with Gasteiger partial charge in [0.15, 0.2) is 0 Å². The van der Waals surface area contributed by atoms with E-state index in [1.807, 2.05) is 42.9 Å². The van der Waals surface area contributed by atoms with E-state index in [1.54, 1.807) is 18.0 Å². The zero-order chi connectivity index (χ0) is 28.7. The number of hydrogen-bond donors (Lipinski definition) is 2. The van der Waals surface area contributed by atoms with Crippen LogP contribution in [0.15, 0.2) is 61.1 Å². The highest BCUT2D eigenvalue weighted by Crippen LogP contribution is 2.39. The molecule has 1 aliphatic carbocycles. The minimum absolute atomic E-state index is 0.00962. The monoisotopic (exact) mass is 553 g/mol. The molecule has 2 aromatic heterocycles. The minimum atomic E-state index is -0.431. The highest BCUT2D eigenvalue weighted by Gasteiger charge is 2.27. The molecule has 1 aliphatic heterocycles. The Labute approximate surface area is 239 Å². The lowest BCUT2D eigenvalue weighted by Gasteiger charge is -2.29. The second-order valence-corrected chi connectivity index (χ2v) is 11.7. The van der Waals surface area contributed by atoms with E-state index in [2.05, 4.69) is 33.9 Å². The molecule has 0 saturated heterocycles. The molecular formula is C33H36FN5O2. The average Bonchev–Trinajstić information content (AvgIpc) is 3.55. The third kappa shape index (κ3) is 5.36. The first-order valence-corrected chi connectivity index (χ1v) is 14.5. The quantitative estimate of drug-likeness (QED) is 0.296. The highest BCUT2D eigenvalue weighted by atomic mass is 19.1. The zero-order valence-corrected chi connectivity index (χ0v) is 23.8. The number of aromatic nitrogens is 2. The van der Waals surface area contributed by atoms with Crippen LogP contribution in [0.2, 0.25) is 0 Å². The summed E-state index contributed by atoms with van der Waals surface area (Å²) in [6.07, 6.45) is 10.4. The molecule has 0 radical (unpaired) electrons. The van der Waals surface area contributed by atoms with Gasteiger partial charge in [0, 0.05) is 49.1 Å². The zero-order valence-electron chi connectivity index (χ0n) is 23.8. The lowest BCUT2D eigenvalue weighted by molar-refractivity contribution is -0.115. The van der Waals surface area contributed by atoms with Crippen molar-refractivity contribution in [2.24, 2.45) is 0 Å². The number of pyridine rings is 1. The van der Waals surface area contributed by atoms with E-state index in [9.17, 15) is 14.0 Å². The summed E-state index contributed by atoms with van der Waals surface area (Å²) >= 11 is 0. The van der Waals surface area contributed by atoms with Crippen LogP contribution >= 0.6 is 0 Å². The molecule has 8 heteroatoms. The summed E-state index contributed by atoms with van der Waals surface area (Å²) in [4.78, 5) is 31.0. The van der Waals surface area contributed by atoms with Gasteiger partial charge in [-0.3, -0.25) is 14.6 Å². The number of carbonyl (C=O) groups is 2. The maximum Gasteiger partial charge on any atom is 0.256 e. The Kier molecular flexibility index (Phi) is 7.34. The first-order chi connectivity index (χ1) is 19.8. The molecule has 1 fully saturated rings. The molecular weight excluding hydrogens is 517 g/mol. The number of fused-ring (bicyclic) bond motifs is 2. The Morgan fingerprint density at radius 3 is 2.73 bits per heavy atom. The van der Waals surface area contributed by atoms with Gasteiger partial charge < -0.3 is 20.1 Å². The first-order valence-electron chi connectivity index (χ1n) is 14.5. The van der Waals surface area contributed by atoms with Gasteiger partial charge in [0.1, 0.15) is 5.82 Å². The van der Waals surface area contributed by atoms with E-state index in [-0.39, 0.29) is 17.9 Å². The molecule has 2 N–H and O–H groups in total. The van der Waals surface area contributed by atoms with Crippen LogP contribution in [0.5, 0.6) is 0 Å². The lowest BCUT2D eigenvalue weighted by atomic mass is 9.81. The Morgan fingerprint density at radius 1 is 1.15 bits per heavy atom. The highest BCUT2D eigenvalue weighted by molar-refractivity contribution is 5.99. The van der Waals surface area contributed by atoms with Crippen molar-refractivity contribution in [1.29, 1.82) is 0 Å². The minimum Gasteiger partial charge on any atom is -0.339 e. The molecule has 3 heterocycles. The molecule has 0 unspecified atom stereocenters. The van der Waals surface area contributed by atoms with Gasteiger partial charge in [-0.1, -0.05) is 12.1 Å². The van der Waals surface area contributed by atoms with Crippen molar-refractivity contribution in [3.63, 3.8) is 0 Å². The van der Waals surface area contributed by atoms with Crippen LogP contribution in [0.1, 0.15) is 72.5 Å². The molecule has 4 aromatic rings. The van der Waals surface area contributed by atoms with Crippen molar-refractivity contribution in [3.05, 3.63) is 89.1 Å². The summed E-state index contributed by atoms with van der Waals surface area (Å²) in [6.45, 7) is 4.66. The van der Waals surface area contributed by atoms with E-state index < -0.39 is 5.82 Å². The summed E-state index contributed by atoms with van der Waals surface area (Å²) < 4.78 is 16.4. The third-order valence-electron chi connectivity index (χ3n) is 8.74. The standard InChI is InChI=1S/C33H36FN5O2/c1-20(2)38(3)33(41)27-16-24(34)8-11-30(27)39-19-28(26-12-13-35-18-31(26)39)22-6-9-25(10-7-22)36-17-21-4-5-23-15-32(40)37-29(23)14-21/h4-5,8,11-14,16,18-20,22,25,36H,6-7,9-10,15,17H2,1-3H3,(H,37,40). The van der Waals surface area contributed by atoms with Gasteiger partial charge in [-0.05, 0) is 92.5 Å². The SMILES string of the molecule is CC(C)N(C)C(=O)c1cc(F)ccc1-n1cc(C2CCC(NCc3ccc4c(c3)NC(=O)C4)CC2)c2ccncc21. The van der Waals surface area contributed by atoms with E-state index >= 15 is 0 Å². The topological polar surface area (TPSA) is 79.3 Å². The number of nitrogens with one attached hydrogen (secondary N) is 2. The average molecular weight is 554 g/mol. The molecule has 2 aromatic carbocycles. The van der Waals surface area contributed by atoms with Crippen LogP contribution in [0.4, 0.5) is 10.1 Å². The van der Waals surface area contributed by atoms with Crippen LogP contribution in [0, 0.1) is 5.82 Å². The van der Waals surface area contributed by atoms with Crippen LogP contribution in [-0.2, 0) is 17.8 Å². The maximum atomic E-state index is 14.4. The van der Waals surface area contributed by atoms with Gasteiger partial charge in [0.25, 0.3) is 5.91 Å². The van der Waals surface area contributed by atoms with Crippen LogP contribution in [0.3, 0.4) is 0 Å². The van der Waals surface area contributed by atoms with Crippen molar-refractivity contribution < 1.29 is 14.0 Å². The smallest absolute Gasteiger partial charge is 0.256 e. The largest absolute Gasteiger partial charge is 0.339 e. The molecule has 7 nitrogen and oxygen atoms in total. The predicted octanol–water partition coefficient (Wildman–Crippen LogP) is 5.96. The van der Waals surface area contributed by atoms with Crippen LogP contribution in [0.25, 0.3) is 16.6 Å². The summed E-state index contributed by atoms with van der Waals surface area (Å²) in [5.74, 6) is -0.197. The maximum absolute atomic E-state index is 14.4. The van der Waals surface area contributed by atoms with Gasteiger partial charge in [0.2, 0.25) is 5.91 Å². The molecule has 2 aliphatic rings. The lowest BCUT2D eigenvalue weighted by Crippen LogP contribution is -2.33. The van der Waals surface area contributed by atoms with Gasteiger partial charge in [-0.2, -0.15) is 0 Å².